The smallest absolute Gasteiger partial charge is 0.252 e. The Labute approximate surface area is 452 Å². The van der Waals surface area contributed by atoms with Crippen molar-refractivity contribution >= 4 is 144 Å². The molecule has 0 fully saturated rings. The van der Waals surface area contributed by atoms with Crippen LogP contribution in [0.3, 0.4) is 0 Å². The molecule has 17 rings (SSSR count). The van der Waals surface area contributed by atoms with E-state index < -0.39 is 0 Å². The molecule has 0 N–H and O–H groups in total. The van der Waals surface area contributed by atoms with Gasteiger partial charge in [-0.2, -0.15) is 0 Å². The first-order valence-corrected chi connectivity index (χ1v) is 28.1. The van der Waals surface area contributed by atoms with Crippen LogP contribution in [0.25, 0.3) is 97.4 Å². The van der Waals surface area contributed by atoms with Gasteiger partial charge in [0.2, 0.25) is 0 Å². The molecule has 4 nitrogen and oxygen atoms in total. The second kappa shape index (κ2) is 16.6. The van der Waals surface area contributed by atoms with Gasteiger partial charge in [0.25, 0.3) is 6.71 Å². The molecule has 2 aliphatic heterocycles. The van der Waals surface area contributed by atoms with Crippen LogP contribution in [0.4, 0.5) is 34.1 Å². The van der Waals surface area contributed by atoms with Gasteiger partial charge in [-0.05, 0) is 146 Å². The quantitative estimate of drug-likeness (QED) is 0.154. The average molecular weight is 1020 g/mol. The number of fused-ring (bicyclic) bond motifs is 12. The predicted octanol–water partition coefficient (Wildman–Crippen LogP) is 17.7. The van der Waals surface area contributed by atoms with E-state index in [1.54, 1.807) is 22.7 Å². The Kier molecular flexibility index (Phi) is 9.22. The number of nitrogens with zero attached hydrogens (tertiary/aromatic N) is 4. The second-order valence-electron chi connectivity index (χ2n) is 20.4. The highest BCUT2D eigenvalue weighted by atomic mass is 32.1. The van der Waals surface area contributed by atoms with Gasteiger partial charge in [-0.1, -0.05) is 152 Å². The number of hydrogen-bond acceptors (Lipinski definition) is 4. The van der Waals surface area contributed by atoms with E-state index in [1.165, 1.54) is 125 Å². The van der Waals surface area contributed by atoms with Crippen molar-refractivity contribution in [2.45, 2.75) is 0 Å². The van der Waals surface area contributed by atoms with E-state index in [-0.39, 0.29) is 6.71 Å². The summed E-state index contributed by atoms with van der Waals surface area (Å²) in [5.41, 5.74) is 22.6. The SMILES string of the molecule is c1ccc(-c2cc3ccsc3cc2N2c3cc(-n4c5ccccc5c5ccccc54)ccc3B3c4ccc(-n5c6ccccc6c6ccccc65)cc4N(c4cc5sccc5cc4-c4ccccc4)c4cccc2c43)cc1. The van der Waals surface area contributed by atoms with Crippen molar-refractivity contribution in [2.75, 3.05) is 9.80 Å². The van der Waals surface area contributed by atoms with Gasteiger partial charge >= 0.3 is 0 Å². The fourth-order valence-corrected chi connectivity index (χ4v) is 14.8. The number of thiophene rings is 2. The summed E-state index contributed by atoms with van der Waals surface area (Å²) in [5.74, 6) is 0. The Morgan fingerprint density at radius 1 is 0.299 bits per heavy atom. The van der Waals surface area contributed by atoms with E-state index in [2.05, 4.69) is 278 Å². The zero-order valence-electron chi connectivity index (χ0n) is 41.5. The minimum Gasteiger partial charge on any atom is -0.311 e. The number of aromatic nitrogens is 2. The molecule has 0 saturated heterocycles. The lowest BCUT2D eigenvalue weighted by Gasteiger charge is -2.45. The van der Waals surface area contributed by atoms with Crippen molar-refractivity contribution in [3.05, 3.63) is 259 Å². The highest BCUT2D eigenvalue weighted by Gasteiger charge is 2.44. The first-order valence-electron chi connectivity index (χ1n) is 26.3. The van der Waals surface area contributed by atoms with Gasteiger partial charge in [-0.15, -0.1) is 22.7 Å². The summed E-state index contributed by atoms with van der Waals surface area (Å²) in [5, 5.41) is 11.9. The van der Waals surface area contributed by atoms with Gasteiger partial charge < -0.3 is 18.9 Å². The molecular formula is C70H43BN4S2. The largest absolute Gasteiger partial charge is 0.311 e. The molecule has 0 spiro atoms. The summed E-state index contributed by atoms with van der Waals surface area (Å²) in [7, 11) is 0. The van der Waals surface area contributed by atoms with Crippen molar-refractivity contribution in [1.29, 1.82) is 0 Å². The Balaban J connectivity index is 0.994. The maximum absolute atomic E-state index is 2.61. The number of hydrogen-bond donors (Lipinski definition) is 0. The lowest BCUT2D eigenvalue weighted by atomic mass is 9.33. The maximum atomic E-state index is 2.61. The van der Waals surface area contributed by atoms with Gasteiger partial charge in [0.15, 0.2) is 0 Å². The predicted molar refractivity (Wildman–Crippen MR) is 331 cm³/mol. The van der Waals surface area contributed by atoms with E-state index in [4.69, 9.17) is 0 Å². The van der Waals surface area contributed by atoms with Crippen LogP contribution in [0, 0.1) is 0 Å². The van der Waals surface area contributed by atoms with Crippen molar-refractivity contribution in [1.82, 2.24) is 9.13 Å². The monoisotopic (exact) mass is 1010 g/mol. The number of para-hydroxylation sites is 4. The van der Waals surface area contributed by atoms with Crippen LogP contribution < -0.4 is 26.2 Å². The molecule has 0 unspecified atom stereocenters. The minimum atomic E-state index is -0.102. The van der Waals surface area contributed by atoms with Gasteiger partial charge in [-0.3, -0.25) is 0 Å². The fourth-order valence-electron chi connectivity index (χ4n) is 13.2. The summed E-state index contributed by atoms with van der Waals surface area (Å²) in [6.07, 6.45) is 0. The van der Waals surface area contributed by atoms with Gasteiger partial charge in [0, 0.05) is 76.2 Å². The van der Waals surface area contributed by atoms with Crippen LogP contribution in [0.15, 0.2) is 259 Å². The van der Waals surface area contributed by atoms with Crippen LogP contribution in [0.5, 0.6) is 0 Å². The van der Waals surface area contributed by atoms with E-state index >= 15 is 0 Å². The molecule has 0 bridgehead atoms. The van der Waals surface area contributed by atoms with Gasteiger partial charge in [-0.25, -0.2) is 0 Å². The van der Waals surface area contributed by atoms with Crippen LogP contribution >= 0.6 is 22.7 Å². The highest BCUT2D eigenvalue weighted by molar-refractivity contribution is 7.17. The summed E-state index contributed by atoms with van der Waals surface area (Å²) in [6.45, 7) is -0.102. The summed E-state index contributed by atoms with van der Waals surface area (Å²) < 4.78 is 7.45. The molecule has 11 aromatic carbocycles. The third-order valence-corrected chi connectivity index (χ3v) is 18.2. The first-order chi connectivity index (χ1) is 38.2. The molecule has 6 heterocycles. The molecule has 7 heteroatoms. The summed E-state index contributed by atoms with van der Waals surface area (Å²) in [6, 6.07) is 93.3. The Morgan fingerprint density at radius 3 is 1.10 bits per heavy atom. The maximum Gasteiger partial charge on any atom is 0.252 e. The number of benzene rings is 11. The lowest BCUT2D eigenvalue weighted by molar-refractivity contribution is 1.17. The lowest BCUT2D eigenvalue weighted by Crippen LogP contribution is -2.61. The van der Waals surface area contributed by atoms with E-state index in [9.17, 15) is 0 Å². The standard InChI is InChI=1S/C70H43BN4S2/c1-3-16-44(17-4-1)54-38-46-34-36-76-68(46)42-64(54)74-62-28-15-29-63-70(62)71(56-32-30-48(40-66(56)74)72-58-24-11-7-20-50(58)51-21-8-12-25-59(51)72)57-33-31-49(73-60-26-13-9-22-52(60)53-23-10-14-27-61(53)73)41-67(57)75(63)65-43-69-47(35-37-77-69)39-55(65)45-18-5-2-6-19-45/h1-43H. The highest BCUT2D eigenvalue weighted by Crippen LogP contribution is 2.51. The molecule has 0 atom stereocenters. The normalized spacial score (nSPS) is 12.9. The number of rotatable bonds is 6. The zero-order chi connectivity index (χ0) is 50.3. The van der Waals surface area contributed by atoms with Crippen LogP contribution in [0.1, 0.15) is 0 Å². The fraction of sp³-hybridized carbons (Fsp3) is 0. The molecule has 0 aliphatic carbocycles. The third-order valence-electron chi connectivity index (χ3n) is 16.4. The molecule has 0 radical (unpaired) electrons. The van der Waals surface area contributed by atoms with E-state index in [1.807, 2.05) is 0 Å². The van der Waals surface area contributed by atoms with E-state index in [0.717, 1.165) is 22.7 Å². The second-order valence-corrected chi connectivity index (χ2v) is 22.3. The third kappa shape index (κ3) is 6.27. The van der Waals surface area contributed by atoms with Crippen LogP contribution in [-0.2, 0) is 0 Å². The Hall–Kier alpha value is -9.40. The Bertz CT molecular complexity index is 4500. The summed E-state index contributed by atoms with van der Waals surface area (Å²) in [4.78, 5) is 5.22. The van der Waals surface area contributed by atoms with Crippen molar-refractivity contribution in [3.8, 4) is 33.6 Å². The molecule has 15 aromatic rings. The molecule has 77 heavy (non-hydrogen) atoms. The first kappa shape index (κ1) is 42.9. The minimum absolute atomic E-state index is 0.102. The molecule has 2 aliphatic rings. The topological polar surface area (TPSA) is 16.3 Å². The van der Waals surface area contributed by atoms with Gasteiger partial charge in [0.1, 0.15) is 0 Å². The summed E-state index contributed by atoms with van der Waals surface area (Å²) >= 11 is 3.61. The van der Waals surface area contributed by atoms with Crippen LogP contribution in [-0.4, -0.2) is 15.8 Å². The van der Waals surface area contributed by atoms with Crippen molar-refractivity contribution < 1.29 is 0 Å². The van der Waals surface area contributed by atoms with Crippen LogP contribution in [0.2, 0.25) is 0 Å². The molecule has 0 amide bonds. The average Bonchev–Trinajstić information content (AvgIpc) is 4.44. The van der Waals surface area contributed by atoms with Crippen molar-refractivity contribution in [3.63, 3.8) is 0 Å². The Morgan fingerprint density at radius 2 is 0.688 bits per heavy atom. The van der Waals surface area contributed by atoms with Gasteiger partial charge in [0.05, 0.1) is 33.4 Å². The zero-order valence-corrected chi connectivity index (χ0v) is 43.1. The van der Waals surface area contributed by atoms with E-state index in [0.29, 0.717) is 0 Å². The number of anilines is 6. The molecule has 358 valence electrons. The molecule has 0 saturated carbocycles. The molecular weight excluding hydrogens is 972 g/mol. The van der Waals surface area contributed by atoms with Crippen molar-refractivity contribution in [2.24, 2.45) is 0 Å². The molecule has 4 aromatic heterocycles.